The highest BCUT2D eigenvalue weighted by Crippen LogP contribution is 2.38. The van der Waals surface area contributed by atoms with Gasteiger partial charge in [-0.3, -0.25) is 0 Å². The van der Waals surface area contributed by atoms with Crippen LogP contribution in [0.5, 0.6) is 5.75 Å². The monoisotopic (exact) mass is 389 g/mol. The van der Waals surface area contributed by atoms with E-state index in [1.165, 1.54) is 19.2 Å². The first kappa shape index (κ1) is 21.4. The van der Waals surface area contributed by atoms with Crippen LogP contribution in [0.3, 0.4) is 0 Å². The van der Waals surface area contributed by atoms with Crippen LogP contribution < -0.4 is 15.5 Å². The van der Waals surface area contributed by atoms with Crippen molar-refractivity contribution in [2.24, 2.45) is 0 Å². The van der Waals surface area contributed by atoms with Crippen LogP contribution in [0.2, 0.25) is 0 Å². The molecule has 0 unspecified atom stereocenters. The molecule has 0 saturated carbocycles. The van der Waals surface area contributed by atoms with E-state index < -0.39 is 36.2 Å². The largest absolute Gasteiger partial charge is 0.494 e. The molecule has 10 heteroatoms. The van der Waals surface area contributed by atoms with Crippen molar-refractivity contribution < 1.29 is 36.7 Å². The Bertz CT molecular complexity index is 678. The van der Waals surface area contributed by atoms with E-state index in [-0.39, 0.29) is 24.4 Å². The summed E-state index contributed by atoms with van der Waals surface area (Å²) in [6, 6.07) is 3.66. The van der Waals surface area contributed by atoms with Crippen molar-refractivity contribution in [2.75, 3.05) is 20.3 Å². The second-order valence-electron chi connectivity index (χ2n) is 7.11. The number of hydrogen-bond acceptors (Lipinski definition) is 5. The highest BCUT2D eigenvalue weighted by molar-refractivity contribution is 6.62. The van der Waals surface area contributed by atoms with E-state index in [1.807, 2.05) is 27.7 Å². The van der Waals surface area contributed by atoms with Gasteiger partial charge in [0.15, 0.2) is 0 Å². The molecular weight excluding hydrogens is 366 g/mol. The SMILES string of the molecule is COC(=O)NCCOc1ccc(B2OC(C)(C)C(C)(C)O2)cc1C(F)(F)F. The summed E-state index contributed by atoms with van der Waals surface area (Å²) in [6.07, 6.45) is -5.31. The number of alkyl carbamates (subject to hydrolysis) is 1. The van der Waals surface area contributed by atoms with Crippen LogP contribution in [0.4, 0.5) is 18.0 Å². The van der Waals surface area contributed by atoms with Crippen molar-refractivity contribution in [2.45, 2.75) is 45.1 Å². The number of rotatable bonds is 5. The van der Waals surface area contributed by atoms with Gasteiger partial charge in [-0.15, -0.1) is 0 Å². The fraction of sp³-hybridized carbons (Fsp3) is 0.588. The predicted molar refractivity (Wildman–Crippen MR) is 93.1 cm³/mol. The molecule has 1 aliphatic rings. The highest BCUT2D eigenvalue weighted by atomic mass is 19.4. The van der Waals surface area contributed by atoms with E-state index in [0.717, 1.165) is 6.07 Å². The lowest BCUT2D eigenvalue weighted by molar-refractivity contribution is -0.138. The maximum atomic E-state index is 13.5. The summed E-state index contributed by atoms with van der Waals surface area (Å²) in [5, 5.41) is 2.33. The third-order valence-electron chi connectivity index (χ3n) is 4.65. The number of ether oxygens (including phenoxy) is 2. The minimum Gasteiger partial charge on any atom is -0.491 e. The Morgan fingerprint density at radius 1 is 1.19 bits per heavy atom. The molecule has 150 valence electrons. The molecule has 1 amide bonds. The predicted octanol–water partition coefficient (Wildman–Crippen LogP) is 2.74. The van der Waals surface area contributed by atoms with Crippen molar-refractivity contribution in [1.29, 1.82) is 0 Å². The number of carbonyl (C=O) groups is 1. The molecule has 27 heavy (non-hydrogen) atoms. The topological polar surface area (TPSA) is 66.0 Å². The molecule has 2 rings (SSSR count). The van der Waals surface area contributed by atoms with Gasteiger partial charge in [0.2, 0.25) is 0 Å². The first-order chi connectivity index (χ1) is 12.4. The summed E-state index contributed by atoms with van der Waals surface area (Å²) >= 11 is 0. The van der Waals surface area contributed by atoms with Crippen molar-refractivity contribution in [3.8, 4) is 5.75 Å². The number of halogens is 3. The molecule has 1 saturated heterocycles. The van der Waals surface area contributed by atoms with Gasteiger partial charge in [0.1, 0.15) is 12.4 Å². The number of amides is 1. The molecule has 0 aliphatic carbocycles. The first-order valence-electron chi connectivity index (χ1n) is 8.39. The van der Waals surface area contributed by atoms with E-state index in [1.54, 1.807) is 0 Å². The maximum absolute atomic E-state index is 13.5. The van der Waals surface area contributed by atoms with Crippen molar-refractivity contribution >= 4 is 18.7 Å². The lowest BCUT2D eigenvalue weighted by Crippen LogP contribution is -2.41. The van der Waals surface area contributed by atoms with E-state index in [4.69, 9.17) is 14.0 Å². The van der Waals surface area contributed by atoms with E-state index in [9.17, 15) is 18.0 Å². The van der Waals surface area contributed by atoms with Crippen LogP contribution in [0.1, 0.15) is 33.3 Å². The number of carbonyl (C=O) groups excluding carboxylic acids is 1. The fourth-order valence-electron chi connectivity index (χ4n) is 2.41. The van der Waals surface area contributed by atoms with Crippen LogP contribution in [0, 0.1) is 0 Å². The number of nitrogens with one attached hydrogen (secondary N) is 1. The molecule has 1 aromatic carbocycles. The number of benzene rings is 1. The molecule has 0 radical (unpaired) electrons. The molecule has 1 aliphatic heterocycles. The van der Waals surface area contributed by atoms with Gasteiger partial charge >= 0.3 is 19.4 Å². The van der Waals surface area contributed by atoms with E-state index in [2.05, 4.69) is 10.1 Å². The zero-order valence-electron chi connectivity index (χ0n) is 15.9. The molecular formula is C17H23BF3NO5. The molecule has 0 aromatic heterocycles. The van der Waals surface area contributed by atoms with Crippen molar-refractivity contribution in [1.82, 2.24) is 5.32 Å². The first-order valence-corrected chi connectivity index (χ1v) is 8.39. The second kappa shape index (κ2) is 7.59. The van der Waals surface area contributed by atoms with Gasteiger partial charge < -0.3 is 24.1 Å². The zero-order chi connectivity index (χ0) is 20.5. The molecule has 1 aromatic rings. The molecule has 1 fully saturated rings. The molecule has 0 spiro atoms. The van der Waals surface area contributed by atoms with Gasteiger partial charge in [0.25, 0.3) is 0 Å². The highest BCUT2D eigenvalue weighted by Gasteiger charge is 2.52. The Balaban J connectivity index is 2.18. The molecule has 1 heterocycles. The summed E-state index contributed by atoms with van der Waals surface area (Å²) in [6.45, 7) is 7.15. The van der Waals surface area contributed by atoms with Gasteiger partial charge in [0.05, 0.1) is 30.4 Å². The summed E-state index contributed by atoms with van der Waals surface area (Å²) < 4.78 is 61.5. The van der Waals surface area contributed by atoms with Crippen LogP contribution in [0.25, 0.3) is 0 Å². The number of alkyl halides is 3. The number of hydrogen-bond donors (Lipinski definition) is 1. The summed E-state index contributed by atoms with van der Waals surface area (Å²) in [4.78, 5) is 10.9. The Morgan fingerprint density at radius 3 is 2.30 bits per heavy atom. The molecule has 0 bridgehead atoms. The van der Waals surface area contributed by atoms with Gasteiger partial charge in [0, 0.05) is 0 Å². The number of methoxy groups -OCH3 is 1. The lowest BCUT2D eigenvalue weighted by atomic mass is 9.78. The van der Waals surface area contributed by atoms with Crippen LogP contribution >= 0.6 is 0 Å². The van der Waals surface area contributed by atoms with Gasteiger partial charge in [-0.2, -0.15) is 13.2 Å². The Labute approximate surface area is 156 Å². The minimum atomic E-state index is -4.62. The third-order valence-corrected chi connectivity index (χ3v) is 4.65. The van der Waals surface area contributed by atoms with E-state index >= 15 is 0 Å². The Kier molecular flexibility index (Phi) is 6.01. The average molecular weight is 389 g/mol. The van der Waals surface area contributed by atoms with Crippen LogP contribution in [-0.4, -0.2) is 44.7 Å². The van der Waals surface area contributed by atoms with Gasteiger partial charge in [-0.1, -0.05) is 6.07 Å². The summed E-state index contributed by atoms with van der Waals surface area (Å²) in [7, 11) is 0.276. The van der Waals surface area contributed by atoms with E-state index in [0.29, 0.717) is 0 Å². The van der Waals surface area contributed by atoms with Crippen LogP contribution in [-0.2, 0) is 20.2 Å². The average Bonchev–Trinajstić information content (AvgIpc) is 2.78. The van der Waals surface area contributed by atoms with Crippen molar-refractivity contribution in [3.05, 3.63) is 23.8 Å². The molecule has 1 N–H and O–H groups in total. The standard InChI is InChI=1S/C17H23BF3NO5/c1-15(2)16(3,4)27-18(26-15)11-6-7-13(12(10-11)17(19,20)21)25-9-8-22-14(23)24-5/h6-7,10H,8-9H2,1-5H3,(H,22,23). The molecule has 0 atom stereocenters. The molecule has 6 nitrogen and oxygen atoms in total. The van der Waals surface area contributed by atoms with Crippen molar-refractivity contribution in [3.63, 3.8) is 0 Å². The second-order valence-corrected chi connectivity index (χ2v) is 7.11. The minimum absolute atomic E-state index is 0.00292. The summed E-state index contributed by atoms with van der Waals surface area (Å²) in [5.41, 5.74) is -2.01. The Morgan fingerprint density at radius 2 is 1.78 bits per heavy atom. The summed E-state index contributed by atoms with van der Waals surface area (Å²) in [5.74, 6) is -0.338. The maximum Gasteiger partial charge on any atom is 0.494 e. The fourth-order valence-corrected chi connectivity index (χ4v) is 2.41. The third kappa shape index (κ3) is 4.87. The Hall–Kier alpha value is -1.94. The van der Waals surface area contributed by atoms with Gasteiger partial charge in [-0.05, 0) is 45.3 Å². The lowest BCUT2D eigenvalue weighted by Gasteiger charge is -2.32. The normalized spacial score (nSPS) is 18.3. The zero-order valence-corrected chi connectivity index (χ0v) is 15.9. The van der Waals surface area contributed by atoms with Gasteiger partial charge in [-0.25, -0.2) is 4.79 Å². The quantitative estimate of drug-likeness (QED) is 0.620. The smallest absolute Gasteiger partial charge is 0.491 e. The van der Waals surface area contributed by atoms with Crippen LogP contribution in [0.15, 0.2) is 18.2 Å².